The first kappa shape index (κ1) is 16.5. The molecule has 2 saturated heterocycles. The normalized spacial score (nSPS) is 19.0. The SMILES string of the molecule is c1ccc(N2CCC(Nc3cc(N4CCSCC4)ncn3)CC2)cc1. The molecule has 0 spiro atoms. The van der Waals surface area contributed by atoms with Crippen molar-refractivity contribution in [3.05, 3.63) is 42.7 Å². The van der Waals surface area contributed by atoms with Crippen molar-refractivity contribution < 1.29 is 0 Å². The second kappa shape index (κ2) is 7.95. The molecule has 0 aliphatic carbocycles. The molecule has 2 fully saturated rings. The lowest BCUT2D eigenvalue weighted by Crippen LogP contribution is -2.39. The molecule has 0 radical (unpaired) electrons. The zero-order valence-electron chi connectivity index (χ0n) is 14.5. The second-order valence-corrected chi connectivity index (χ2v) is 7.83. The van der Waals surface area contributed by atoms with Crippen molar-refractivity contribution in [2.24, 2.45) is 0 Å². The highest BCUT2D eigenvalue weighted by atomic mass is 32.2. The summed E-state index contributed by atoms with van der Waals surface area (Å²) < 4.78 is 0. The van der Waals surface area contributed by atoms with E-state index in [0.717, 1.165) is 50.7 Å². The molecular weight excluding hydrogens is 330 g/mol. The van der Waals surface area contributed by atoms with Gasteiger partial charge in [0.2, 0.25) is 0 Å². The van der Waals surface area contributed by atoms with Crippen LogP contribution in [-0.2, 0) is 0 Å². The van der Waals surface area contributed by atoms with E-state index in [1.807, 2.05) is 11.8 Å². The van der Waals surface area contributed by atoms with E-state index < -0.39 is 0 Å². The van der Waals surface area contributed by atoms with Gasteiger partial charge in [0.1, 0.15) is 18.0 Å². The number of nitrogens with one attached hydrogen (secondary N) is 1. The Morgan fingerprint density at radius 3 is 2.44 bits per heavy atom. The molecular formula is C19H25N5S. The third kappa shape index (κ3) is 4.18. The molecule has 3 heterocycles. The van der Waals surface area contributed by atoms with Crippen molar-refractivity contribution in [2.45, 2.75) is 18.9 Å². The van der Waals surface area contributed by atoms with Gasteiger partial charge in [-0.2, -0.15) is 11.8 Å². The summed E-state index contributed by atoms with van der Waals surface area (Å²) in [5.41, 5.74) is 1.33. The first-order chi connectivity index (χ1) is 12.4. The van der Waals surface area contributed by atoms with Gasteiger partial charge >= 0.3 is 0 Å². The fourth-order valence-corrected chi connectivity index (χ4v) is 4.42. The summed E-state index contributed by atoms with van der Waals surface area (Å²) in [6, 6.07) is 13.3. The molecule has 4 rings (SSSR count). The summed E-state index contributed by atoms with van der Waals surface area (Å²) in [5, 5.41) is 3.62. The third-order valence-corrected chi connectivity index (χ3v) is 5.90. The smallest absolute Gasteiger partial charge is 0.134 e. The van der Waals surface area contributed by atoms with Crippen molar-refractivity contribution in [3.63, 3.8) is 0 Å². The highest BCUT2D eigenvalue weighted by Crippen LogP contribution is 2.23. The maximum Gasteiger partial charge on any atom is 0.134 e. The van der Waals surface area contributed by atoms with Crippen LogP contribution < -0.4 is 15.1 Å². The fourth-order valence-electron chi connectivity index (χ4n) is 3.52. The number of hydrogen-bond acceptors (Lipinski definition) is 6. The highest BCUT2D eigenvalue weighted by Gasteiger charge is 2.20. The molecule has 6 heteroatoms. The van der Waals surface area contributed by atoms with Crippen LogP contribution in [0.25, 0.3) is 0 Å². The van der Waals surface area contributed by atoms with Crippen LogP contribution in [0.3, 0.4) is 0 Å². The van der Waals surface area contributed by atoms with Gasteiger partial charge in [0.15, 0.2) is 0 Å². The standard InChI is InChI=1S/C19H25N5S/c1-2-4-17(5-3-1)23-8-6-16(7-9-23)22-18-14-19(21-15-20-18)24-10-12-25-13-11-24/h1-5,14-16H,6-13H2,(H,20,21,22). The molecule has 25 heavy (non-hydrogen) atoms. The van der Waals surface area contributed by atoms with E-state index in [4.69, 9.17) is 0 Å². The number of rotatable bonds is 4. The largest absolute Gasteiger partial charge is 0.371 e. The molecule has 1 aromatic heterocycles. The fraction of sp³-hybridized carbons (Fsp3) is 0.474. The Kier molecular flexibility index (Phi) is 5.25. The average molecular weight is 356 g/mol. The van der Waals surface area contributed by atoms with Crippen molar-refractivity contribution in [1.29, 1.82) is 0 Å². The van der Waals surface area contributed by atoms with Crippen molar-refractivity contribution >= 4 is 29.1 Å². The zero-order valence-corrected chi connectivity index (χ0v) is 15.3. The Labute approximate surface area is 153 Å². The van der Waals surface area contributed by atoms with Crippen LogP contribution >= 0.6 is 11.8 Å². The van der Waals surface area contributed by atoms with Gasteiger partial charge in [-0.15, -0.1) is 0 Å². The molecule has 5 nitrogen and oxygen atoms in total. The number of piperidine rings is 1. The van der Waals surface area contributed by atoms with Gasteiger partial charge in [0, 0.05) is 55.5 Å². The van der Waals surface area contributed by atoms with E-state index in [1.165, 1.54) is 17.2 Å². The summed E-state index contributed by atoms with van der Waals surface area (Å²) in [7, 11) is 0. The molecule has 1 aromatic carbocycles. The molecule has 1 N–H and O–H groups in total. The number of anilines is 3. The minimum absolute atomic E-state index is 0.486. The maximum atomic E-state index is 4.47. The lowest BCUT2D eigenvalue weighted by atomic mass is 10.0. The number of hydrogen-bond donors (Lipinski definition) is 1. The first-order valence-corrected chi connectivity index (χ1v) is 10.3. The lowest BCUT2D eigenvalue weighted by Gasteiger charge is -2.34. The van der Waals surface area contributed by atoms with E-state index in [-0.39, 0.29) is 0 Å². The van der Waals surface area contributed by atoms with Crippen LogP contribution in [0, 0.1) is 0 Å². The van der Waals surface area contributed by atoms with Crippen LogP contribution in [0.15, 0.2) is 42.7 Å². The van der Waals surface area contributed by atoms with Crippen LogP contribution in [-0.4, -0.2) is 53.7 Å². The summed E-state index contributed by atoms with van der Waals surface area (Å²) in [4.78, 5) is 13.7. The van der Waals surface area contributed by atoms with Crippen LogP contribution in [0.1, 0.15) is 12.8 Å². The molecule has 0 unspecified atom stereocenters. The van der Waals surface area contributed by atoms with Crippen LogP contribution in [0.2, 0.25) is 0 Å². The number of benzene rings is 1. The van der Waals surface area contributed by atoms with Crippen LogP contribution in [0.4, 0.5) is 17.3 Å². The van der Waals surface area contributed by atoms with Gasteiger partial charge in [0.25, 0.3) is 0 Å². The molecule has 0 amide bonds. The van der Waals surface area contributed by atoms with Crippen molar-refractivity contribution in [1.82, 2.24) is 9.97 Å². The average Bonchev–Trinajstić information content (AvgIpc) is 2.70. The molecule has 0 bridgehead atoms. The minimum Gasteiger partial charge on any atom is -0.371 e. The van der Waals surface area contributed by atoms with Gasteiger partial charge in [-0.1, -0.05) is 18.2 Å². The van der Waals surface area contributed by atoms with Crippen LogP contribution in [0.5, 0.6) is 0 Å². The van der Waals surface area contributed by atoms with E-state index in [0.29, 0.717) is 6.04 Å². The first-order valence-electron chi connectivity index (χ1n) is 9.10. The van der Waals surface area contributed by atoms with Gasteiger partial charge in [0.05, 0.1) is 0 Å². The summed E-state index contributed by atoms with van der Waals surface area (Å²) in [6.45, 7) is 4.33. The summed E-state index contributed by atoms with van der Waals surface area (Å²) >= 11 is 2.02. The lowest BCUT2D eigenvalue weighted by molar-refractivity contribution is 0.525. The van der Waals surface area contributed by atoms with E-state index in [9.17, 15) is 0 Å². The monoisotopic (exact) mass is 355 g/mol. The van der Waals surface area contributed by atoms with E-state index in [1.54, 1.807) is 6.33 Å². The van der Waals surface area contributed by atoms with E-state index >= 15 is 0 Å². The van der Waals surface area contributed by atoms with Gasteiger partial charge in [-0.05, 0) is 25.0 Å². The van der Waals surface area contributed by atoms with Crippen molar-refractivity contribution in [2.75, 3.05) is 52.8 Å². The number of aromatic nitrogens is 2. The highest BCUT2D eigenvalue weighted by molar-refractivity contribution is 7.99. The number of para-hydroxylation sites is 1. The Bertz CT molecular complexity index is 667. The predicted molar refractivity (Wildman–Crippen MR) is 107 cm³/mol. The van der Waals surface area contributed by atoms with E-state index in [2.05, 4.69) is 61.5 Å². The topological polar surface area (TPSA) is 44.3 Å². The van der Waals surface area contributed by atoms with Gasteiger partial charge in [-0.25, -0.2) is 9.97 Å². The van der Waals surface area contributed by atoms with Crippen molar-refractivity contribution in [3.8, 4) is 0 Å². The van der Waals surface area contributed by atoms with Gasteiger partial charge in [-0.3, -0.25) is 0 Å². The Hall–Kier alpha value is -1.95. The number of thioether (sulfide) groups is 1. The minimum atomic E-state index is 0.486. The summed E-state index contributed by atoms with van der Waals surface area (Å²) in [6.07, 6.45) is 3.96. The molecule has 0 atom stereocenters. The third-order valence-electron chi connectivity index (χ3n) is 4.96. The Balaban J connectivity index is 1.34. The van der Waals surface area contributed by atoms with Gasteiger partial charge < -0.3 is 15.1 Å². The molecule has 2 aliphatic heterocycles. The molecule has 0 saturated carbocycles. The number of nitrogens with zero attached hydrogens (tertiary/aromatic N) is 4. The molecule has 132 valence electrons. The predicted octanol–water partition coefficient (Wildman–Crippen LogP) is 3.11. The molecule has 2 aromatic rings. The second-order valence-electron chi connectivity index (χ2n) is 6.60. The maximum absolute atomic E-state index is 4.47. The Morgan fingerprint density at radius 2 is 1.68 bits per heavy atom. The summed E-state index contributed by atoms with van der Waals surface area (Å²) in [5.74, 6) is 4.39. The molecule has 2 aliphatic rings. The zero-order chi connectivity index (χ0) is 16.9. The Morgan fingerprint density at radius 1 is 0.920 bits per heavy atom. The quantitative estimate of drug-likeness (QED) is 0.909.